The lowest BCUT2D eigenvalue weighted by atomic mass is 9.95. The fourth-order valence-corrected chi connectivity index (χ4v) is 2.43. The molecule has 1 aliphatic rings. The van der Waals surface area contributed by atoms with E-state index in [0.717, 1.165) is 6.54 Å². The minimum absolute atomic E-state index is 0.141. The van der Waals surface area contributed by atoms with Crippen LogP contribution in [0.15, 0.2) is 24.3 Å². The maximum Gasteiger partial charge on any atom is 0.123 e. The Balaban J connectivity index is 2.16. The fraction of sp³-hybridized carbons (Fsp3) is 0.538. The van der Waals surface area contributed by atoms with Crippen LogP contribution >= 0.6 is 0 Å². The predicted octanol–water partition coefficient (Wildman–Crippen LogP) is 3.37. The average molecular weight is 207 g/mol. The molecule has 0 amide bonds. The van der Waals surface area contributed by atoms with Crippen LogP contribution in [-0.4, -0.2) is 18.0 Å². The first-order valence-corrected chi connectivity index (χ1v) is 5.81. The third kappa shape index (κ3) is 2.37. The van der Waals surface area contributed by atoms with Gasteiger partial charge in [-0.25, -0.2) is 4.39 Å². The second-order valence-corrected chi connectivity index (χ2v) is 4.19. The molecule has 1 heterocycles. The van der Waals surface area contributed by atoms with E-state index in [-0.39, 0.29) is 5.82 Å². The van der Waals surface area contributed by atoms with E-state index >= 15 is 0 Å². The highest BCUT2D eigenvalue weighted by Gasteiger charge is 2.22. The molecule has 82 valence electrons. The van der Waals surface area contributed by atoms with Gasteiger partial charge in [-0.3, -0.25) is 4.90 Å². The maximum atomic E-state index is 12.8. The van der Waals surface area contributed by atoms with Gasteiger partial charge in [0.05, 0.1) is 0 Å². The molecule has 1 aliphatic heterocycles. The smallest absolute Gasteiger partial charge is 0.123 e. The monoisotopic (exact) mass is 207 g/mol. The molecule has 0 spiro atoms. The zero-order valence-electron chi connectivity index (χ0n) is 9.25. The largest absolute Gasteiger partial charge is 0.297 e. The molecular weight excluding hydrogens is 189 g/mol. The zero-order chi connectivity index (χ0) is 10.7. The number of likely N-dealkylation sites (tertiary alicyclic amines) is 1. The van der Waals surface area contributed by atoms with Crippen molar-refractivity contribution in [2.24, 2.45) is 0 Å². The number of piperidine rings is 1. The zero-order valence-corrected chi connectivity index (χ0v) is 9.25. The minimum atomic E-state index is -0.141. The van der Waals surface area contributed by atoms with Gasteiger partial charge in [0, 0.05) is 6.04 Å². The Kier molecular flexibility index (Phi) is 3.37. The number of benzene rings is 1. The molecule has 2 heteroatoms. The Morgan fingerprint density at radius 1 is 1.27 bits per heavy atom. The summed E-state index contributed by atoms with van der Waals surface area (Å²) in [5.74, 6) is -0.141. The standard InChI is InChI=1S/C13H18FN/c1-2-15-10-4-3-5-13(15)11-6-8-12(14)9-7-11/h6-9,13H,2-5,10H2,1H3/t13-/m0/s1. The van der Waals surface area contributed by atoms with E-state index in [4.69, 9.17) is 0 Å². The second-order valence-electron chi connectivity index (χ2n) is 4.19. The molecule has 1 atom stereocenters. The lowest BCUT2D eigenvalue weighted by Crippen LogP contribution is -2.33. The summed E-state index contributed by atoms with van der Waals surface area (Å²) in [6.07, 6.45) is 3.80. The quantitative estimate of drug-likeness (QED) is 0.718. The van der Waals surface area contributed by atoms with E-state index in [9.17, 15) is 4.39 Å². The molecule has 0 bridgehead atoms. The molecule has 0 aromatic heterocycles. The van der Waals surface area contributed by atoms with E-state index in [1.165, 1.54) is 31.4 Å². The predicted molar refractivity (Wildman–Crippen MR) is 60.2 cm³/mol. The molecule has 0 unspecified atom stereocenters. The molecular formula is C13H18FN. The molecule has 0 N–H and O–H groups in total. The number of hydrogen-bond acceptors (Lipinski definition) is 1. The van der Waals surface area contributed by atoms with Crippen molar-refractivity contribution in [1.82, 2.24) is 4.90 Å². The summed E-state index contributed by atoms with van der Waals surface area (Å²) in [6, 6.07) is 7.49. The van der Waals surface area contributed by atoms with Gasteiger partial charge in [-0.2, -0.15) is 0 Å². The van der Waals surface area contributed by atoms with E-state index in [1.807, 2.05) is 12.1 Å². The number of halogens is 1. The van der Waals surface area contributed by atoms with Crippen LogP contribution in [0.5, 0.6) is 0 Å². The van der Waals surface area contributed by atoms with Gasteiger partial charge in [0.1, 0.15) is 5.82 Å². The van der Waals surface area contributed by atoms with E-state index < -0.39 is 0 Å². The molecule has 1 nitrogen and oxygen atoms in total. The summed E-state index contributed by atoms with van der Waals surface area (Å²) >= 11 is 0. The van der Waals surface area contributed by atoms with Crippen LogP contribution < -0.4 is 0 Å². The SMILES string of the molecule is CCN1CCCC[C@H]1c1ccc(F)cc1. The molecule has 2 rings (SSSR count). The average Bonchev–Trinajstić information content (AvgIpc) is 2.30. The molecule has 1 fully saturated rings. The van der Waals surface area contributed by atoms with E-state index in [1.54, 1.807) is 12.1 Å². The Morgan fingerprint density at radius 3 is 2.67 bits per heavy atom. The molecule has 15 heavy (non-hydrogen) atoms. The summed E-state index contributed by atoms with van der Waals surface area (Å²) in [7, 11) is 0. The van der Waals surface area contributed by atoms with Gasteiger partial charge in [0.2, 0.25) is 0 Å². The van der Waals surface area contributed by atoms with Crippen LogP contribution in [0.1, 0.15) is 37.8 Å². The van der Waals surface area contributed by atoms with Gasteiger partial charge in [0.25, 0.3) is 0 Å². The molecule has 0 radical (unpaired) electrons. The molecule has 0 aliphatic carbocycles. The van der Waals surface area contributed by atoms with Crippen molar-refractivity contribution < 1.29 is 4.39 Å². The van der Waals surface area contributed by atoms with Gasteiger partial charge < -0.3 is 0 Å². The van der Waals surface area contributed by atoms with Crippen LogP contribution in [0.3, 0.4) is 0 Å². The minimum Gasteiger partial charge on any atom is -0.297 e. The molecule has 1 aromatic rings. The van der Waals surface area contributed by atoms with Crippen LogP contribution in [-0.2, 0) is 0 Å². The van der Waals surface area contributed by atoms with Gasteiger partial charge in [-0.05, 0) is 43.6 Å². The van der Waals surface area contributed by atoms with Crippen molar-refractivity contribution >= 4 is 0 Å². The normalized spacial score (nSPS) is 22.9. The first kappa shape index (κ1) is 10.6. The van der Waals surface area contributed by atoms with Gasteiger partial charge in [-0.1, -0.05) is 25.5 Å². The van der Waals surface area contributed by atoms with Gasteiger partial charge >= 0.3 is 0 Å². The second kappa shape index (κ2) is 4.75. The maximum absolute atomic E-state index is 12.8. The van der Waals surface area contributed by atoms with Crippen LogP contribution in [0.4, 0.5) is 4.39 Å². The van der Waals surface area contributed by atoms with Crippen LogP contribution in [0, 0.1) is 5.82 Å². The molecule has 0 saturated carbocycles. The van der Waals surface area contributed by atoms with Crippen molar-refractivity contribution in [3.05, 3.63) is 35.6 Å². The Hall–Kier alpha value is -0.890. The summed E-state index contributed by atoms with van der Waals surface area (Å²) in [5.41, 5.74) is 1.26. The van der Waals surface area contributed by atoms with Crippen molar-refractivity contribution in [1.29, 1.82) is 0 Å². The third-order valence-electron chi connectivity index (χ3n) is 3.27. The van der Waals surface area contributed by atoms with Gasteiger partial charge in [-0.15, -0.1) is 0 Å². The highest BCUT2D eigenvalue weighted by molar-refractivity contribution is 5.20. The van der Waals surface area contributed by atoms with Crippen LogP contribution in [0.2, 0.25) is 0 Å². The van der Waals surface area contributed by atoms with Crippen molar-refractivity contribution in [2.75, 3.05) is 13.1 Å². The lowest BCUT2D eigenvalue weighted by Gasteiger charge is -2.35. The summed E-state index contributed by atoms with van der Waals surface area (Å²) in [4.78, 5) is 2.48. The molecule has 1 saturated heterocycles. The van der Waals surface area contributed by atoms with E-state index in [0.29, 0.717) is 6.04 Å². The number of hydrogen-bond donors (Lipinski definition) is 0. The first-order chi connectivity index (χ1) is 7.31. The lowest BCUT2D eigenvalue weighted by molar-refractivity contribution is 0.157. The highest BCUT2D eigenvalue weighted by atomic mass is 19.1. The van der Waals surface area contributed by atoms with Crippen LogP contribution in [0.25, 0.3) is 0 Å². The topological polar surface area (TPSA) is 3.24 Å². The molecule has 1 aromatic carbocycles. The highest BCUT2D eigenvalue weighted by Crippen LogP contribution is 2.30. The van der Waals surface area contributed by atoms with Gasteiger partial charge in [0.15, 0.2) is 0 Å². The van der Waals surface area contributed by atoms with Crippen molar-refractivity contribution in [2.45, 2.75) is 32.2 Å². The summed E-state index contributed by atoms with van der Waals surface area (Å²) < 4.78 is 12.8. The fourth-order valence-electron chi connectivity index (χ4n) is 2.43. The summed E-state index contributed by atoms with van der Waals surface area (Å²) in [5, 5.41) is 0. The number of rotatable bonds is 2. The third-order valence-corrected chi connectivity index (χ3v) is 3.27. The van der Waals surface area contributed by atoms with E-state index in [2.05, 4.69) is 11.8 Å². The number of nitrogens with zero attached hydrogens (tertiary/aromatic N) is 1. The first-order valence-electron chi connectivity index (χ1n) is 5.81. The Bertz CT molecular complexity index is 307. The summed E-state index contributed by atoms with van der Waals surface area (Å²) in [6.45, 7) is 4.46. The van der Waals surface area contributed by atoms with Crippen molar-refractivity contribution in [3.8, 4) is 0 Å². The Morgan fingerprint density at radius 2 is 2.00 bits per heavy atom. The van der Waals surface area contributed by atoms with Crippen molar-refractivity contribution in [3.63, 3.8) is 0 Å². The Labute approximate surface area is 90.9 Å².